The van der Waals surface area contributed by atoms with Crippen LogP contribution in [0.1, 0.15) is 26.3 Å². The van der Waals surface area contributed by atoms with Gasteiger partial charge in [-0.05, 0) is 24.3 Å². The lowest BCUT2D eigenvalue weighted by Crippen LogP contribution is -2.29. The molecule has 0 atom stereocenters. The van der Waals surface area contributed by atoms with Crippen LogP contribution in [0.3, 0.4) is 0 Å². The van der Waals surface area contributed by atoms with Gasteiger partial charge >= 0.3 is 0 Å². The second-order valence-electron chi connectivity index (χ2n) is 4.40. The molecule has 0 spiro atoms. The monoisotopic (exact) mass is 207 g/mol. The Balaban J connectivity index is 2.89. The third-order valence-electron chi connectivity index (χ3n) is 2.04. The van der Waals surface area contributed by atoms with Crippen molar-refractivity contribution in [2.45, 2.75) is 26.3 Å². The Bertz CT molecular complexity index is 347. The van der Waals surface area contributed by atoms with E-state index in [-0.39, 0.29) is 0 Å². The summed E-state index contributed by atoms with van der Waals surface area (Å²) in [5.41, 5.74) is 0.473. The number of nitrogens with zero attached hydrogens (tertiary/aromatic N) is 1. The molecule has 0 unspecified atom stereocenters. The van der Waals surface area contributed by atoms with Gasteiger partial charge in [0.1, 0.15) is 5.75 Å². The van der Waals surface area contributed by atoms with Gasteiger partial charge in [0, 0.05) is 26.3 Å². The van der Waals surface area contributed by atoms with Crippen LogP contribution in [0.25, 0.3) is 0 Å². The lowest BCUT2D eigenvalue weighted by Gasteiger charge is -2.18. The average Bonchev–Trinajstić information content (AvgIpc) is 2.17. The first-order valence-electron chi connectivity index (χ1n) is 4.89. The molecule has 0 aromatic heterocycles. The molecule has 0 fully saturated rings. The van der Waals surface area contributed by atoms with E-state index in [2.05, 4.69) is 0 Å². The molecule has 0 bridgehead atoms. The van der Waals surface area contributed by atoms with Gasteiger partial charge in [0.2, 0.25) is 0 Å². The third kappa shape index (κ3) is 3.27. The third-order valence-corrected chi connectivity index (χ3v) is 2.04. The van der Waals surface area contributed by atoms with Crippen LogP contribution < -0.4 is 4.74 Å². The summed E-state index contributed by atoms with van der Waals surface area (Å²) in [4.78, 5) is 0. The first-order chi connectivity index (χ1) is 6.93. The van der Waals surface area contributed by atoms with Gasteiger partial charge in [-0.3, -0.25) is 0 Å². The van der Waals surface area contributed by atoms with Crippen LogP contribution >= 0.6 is 0 Å². The molecule has 15 heavy (non-hydrogen) atoms. The molecular weight excluding hydrogens is 190 g/mol. The Hall–Kier alpha value is -1.51. The van der Waals surface area contributed by atoms with Crippen LogP contribution in [0.2, 0.25) is 0 Å². The molecular formula is C12H17NO2. The maximum absolute atomic E-state index is 11.6. The number of methoxy groups -OCH3 is 1. The number of hydrogen-bond donors (Lipinski definition) is 0. The maximum atomic E-state index is 11.6. The van der Waals surface area contributed by atoms with Gasteiger partial charge in [0.15, 0.2) is 11.8 Å². The number of hydroxylamine groups is 1. The van der Waals surface area contributed by atoms with Gasteiger partial charge < -0.3 is 9.94 Å². The van der Waals surface area contributed by atoms with Gasteiger partial charge in [0.25, 0.3) is 0 Å². The summed E-state index contributed by atoms with van der Waals surface area (Å²) in [7, 11) is 1.62. The SMILES string of the molecule is COc1ccc(/C=[N+](/[O-])C(C)(C)C)cc1. The molecule has 0 saturated heterocycles. The van der Waals surface area contributed by atoms with Crippen LogP contribution in [-0.2, 0) is 0 Å². The number of rotatable bonds is 2. The van der Waals surface area contributed by atoms with Crippen molar-refractivity contribution in [3.05, 3.63) is 35.0 Å². The Labute approximate surface area is 90.6 Å². The van der Waals surface area contributed by atoms with E-state index >= 15 is 0 Å². The van der Waals surface area contributed by atoms with Crippen LogP contribution in [-0.4, -0.2) is 23.6 Å². The van der Waals surface area contributed by atoms with Gasteiger partial charge in [-0.1, -0.05) is 0 Å². The van der Waals surface area contributed by atoms with Gasteiger partial charge in [-0.15, -0.1) is 0 Å². The summed E-state index contributed by atoms with van der Waals surface area (Å²) < 4.78 is 5.99. The molecule has 0 N–H and O–H groups in total. The highest BCUT2D eigenvalue weighted by Gasteiger charge is 2.17. The molecule has 1 rings (SSSR count). The minimum atomic E-state index is -0.403. The standard InChI is InChI=1S/C12H17NO2/c1-12(2,3)13(14)9-10-5-7-11(15-4)8-6-10/h5-9H,1-4H3/b13-9+. The molecule has 3 heteroatoms. The van der Waals surface area contributed by atoms with Crippen molar-refractivity contribution in [3.63, 3.8) is 0 Å². The van der Waals surface area contributed by atoms with Gasteiger partial charge in [-0.2, -0.15) is 0 Å². The summed E-state index contributed by atoms with van der Waals surface area (Å²) >= 11 is 0. The highest BCUT2D eigenvalue weighted by Crippen LogP contribution is 2.11. The largest absolute Gasteiger partial charge is 0.623 e. The summed E-state index contributed by atoms with van der Waals surface area (Å²) in [5, 5.41) is 11.6. The van der Waals surface area contributed by atoms with E-state index in [0.29, 0.717) is 0 Å². The molecule has 1 aromatic carbocycles. The number of benzene rings is 1. The molecule has 3 nitrogen and oxygen atoms in total. The van der Waals surface area contributed by atoms with Gasteiger partial charge in [-0.25, -0.2) is 4.74 Å². The van der Waals surface area contributed by atoms with Crippen molar-refractivity contribution in [1.29, 1.82) is 0 Å². The fourth-order valence-corrected chi connectivity index (χ4v) is 1.02. The second kappa shape index (κ2) is 4.34. The van der Waals surface area contributed by atoms with Crippen LogP contribution in [0.15, 0.2) is 24.3 Å². The van der Waals surface area contributed by atoms with Crippen molar-refractivity contribution < 1.29 is 9.48 Å². The number of hydrogen-bond acceptors (Lipinski definition) is 2. The van der Waals surface area contributed by atoms with E-state index in [1.54, 1.807) is 13.3 Å². The van der Waals surface area contributed by atoms with Crippen molar-refractivity contribution in [2.24, 2.45) is 0 Å². The smallest absolute Gasteiger partial charge is 0.182 e. The zero-order valence-corrected chi connectivity index (χ0v) is 9.65. The fourth-order valence-electron chi connectivity index (χ4n) is 1.02. The summed E-state index contributed by atoms with van der Waals surface area (Å²) in [6, 6.07) is 7.38. The molecule has 0 amide bonds. The van der Waals surface area contributed by atoms with E-state index in [4.69, 9.17) is 4.74 Å². The molecule has 0 aliphatic heterocycles. The van der Waals surface area contributed by atoms with E-state index in [1.807, 2.05) is 45.0 Å². The fraction of sp³-hybridized carbons (Fsp3) is 0.417. The first kappa shape index (κ1) is 11.6. The Morgan fingerprint density at radius 3 is 2.13 bits per heavy atom. The lowest BCUT2D eigenvalue weighted by molar-refractivity contribution is -0.530. The van der Waals surface area contributed by atoms with Crippen LogP contribution in [0.5, 0.6) is 5.75 Å². The van der Waals surface area contributed by atoms with Crippen molar-refractivity contribution >= 4 is 6.21 Å². The van der Waals surface area contributed by atoms with Crippen molar-refractivity contribution in [1.82, 2.24) is 0 Å². The minimum absolute atomic E-state index is 0.403. The van der Waals surface area contributed by atoms with Crippen LogP contribution in [0, 0.1) is 5.21 Å². The Kier molecular flexibility index (Phi) is 3.35. The minimum Gasteiger partial charge on any atom is -0.623 e. The summed E-state index contributed by atoms with van der Waals surface area (Å²) in [6.07, 6.45) is 1.58. The normalized spacial score (nSPS) is 12.7. The van der Waals surface area contributed by atoms with Crippen LogP contribution in [0.4, 0.5) is 0 Å². The predicted octanol–water partition coefficient (Wildman–Crippen LogP) is 2.42. The van der Waals surface area contributed by atoms with E-state index < -0.39 is 5.54 Å². The molecule has 1 aromatic rings. The molecule has 0 radical (unpaired) electrons. The van der Waals surface area contributed by atoms with Crippen molar-refractivity contribution in [3.8, 4) is 5.75 Å². The summed E-state index contributed by atoms with van der Waals surface area (Å²) in [5.74, 6) is 0.792. The van der Waals surface area contributed by atoms with E-state index in [9.17, 15) is 5.21 Å². The second-order valence-corrected chi connectivity index (χ2v) is 4.40. The summed E-state index contributed by atoms with van der Waals surface area (Å²) in [6.45, 7) is 5.63. The van der Waals surface area contributed by atoms with E-state index in [0.717, 1.165) is 16.1 Å². The zero-order chi connectivity index (χ0) is 11.5. The highest BCUT2D eigenvalue weighted by atomic mass is 16.5. The quantitative estimate of drug-likeness (QED) is 0.323. The molecule has 0 aliphatic rings. The Morgan fingerprint density at radius 2 is 1.73 bits per heavy atom. The zero-order valence-electron chi connectivity index (χ0n) is 9.65. The molecule has 0 aliphatic carbocycles. The predicted molar refractivity (Wildman–Crippen MR) is 61.5 cm³/mol. The van der Waals surface area contributed by atoms with Crippen molar-refractivity contribution in [2.75, 3.05) is 7.11 Å². The molecule has 0 saturated carbocycles. The lowest BCUT2D eigenvalue weighted by atomic mass is 10.1. The topological polar surface area (TPSA) is 35.3 Å². The molecule has 0 heterocycles. The Morgan fingerprint density at radius 1 is 1.20 bits per heavy atom. The maximum Gasteiger partial charge on any atom is 0.182 e. The molecule has 82 valence electrons. The average molecular weight is 207 g/mol. The van der Waals surface area contributed by atoms with Gasteiger partial charge in [0.05, 0.1) is 7.11 Å². The van der Waals surface area contributed by atoms with E-state index in [1.165, 1.54) is 0 Å². The number of ether oxygens (including phenoxy) is 1. The highest BCUT2D eigenvalue weighted by molar-refractivity contribution is 5.75. The first-order valence-corrected chi connectivity index (χ1v) is 4.89.